The first kappa shape index (κ1) is 23.1. The Balaban J connectivity index is 1.29. The van der Waals surface area contributed by atoms with Crippen LogP contribution < -0.4 is 10.1 Å². The van der Waals surface area contributed by atoms with E-state index in [0.29, 0.717) is 34.3 Å². The Kier molecular flexibility index (Phi) is 6.55. The van der Waals surface area contributed by atoms with Crippen molar-refractivity contribution in [2.45, 2.75) is 26.2 Å². The average molecular weight is 529 g/mol. The lowest BCUT2D eigenvalue weighted by Gasteiger charge is -2.11. The molecule has 1 N–H and O–H groups in total. The van der Waals surface area contributed by atoms with Gasteiger partial charge in [-0.3, -0.25) is 4.79 Å². The number of amides is 1. The summed E-state index contributed by atoms with van der Waals surface area (Å²) < 4.78 is 12.7. The predicted molar refractivity (Wildman–Crippen MR) is 144 cm³/mol. The van der Waals surface area contributed by atoms with E-state index in [1.54, 1.807) is 6.07 Å². The molecule has 1 aromatic heterocycles. The molecule has 35 heavy (non-hydrogen) atoms. The molecular weight excluding hydrogens is 504 g/mol. The normalized spacial score (nSPS) is 12.1. The van der Waals surface area contributed by atoms with E-state index in [2.05, 4.69) is 46.1 Å². The molecule has 0 radical (unpaired) electrons. The molecule has 0 fully saturated rings. The van der Waals surface area contributed by atoms with Crippen LogP contribution >= 0.6 is 15.9 Å². The van der Waals surface area contributed by atoms with E-state index in [1.165, 1.54) is 5.56 Å². The van der Waals surface area contributed by atoms with Gasteiger partial charge >= 0.3 is 0 Å². The number of nitrogens with zero attached hydrogens (tertiary/aromatic N) is 1. The fourth-order valence-electron chi connectivity index (χ4n) is 4.05. The first-order valence-corrected chi connectivity index (χ1v) is 12.4. The summed E-state index contributed by atoms with van der Waals surface area (Å²) in [7, 11) is 0. The summed E-state index contributed by atoms with van der Waals surface area (Å²) in [5, 5.41) is 5.02. The number of hydrogen-bond donors (Lipinski definition) is 1. The van der Waals surface area contributed by atoms with Gasteiger partial charge in [0, 0.05) is 15.7 Å². The number of benzene rings is 4. The van der Waals surface area contributed by atoms with Gasteiger partial charge in [0.25, 0.3) is 5.91 Å². The van der Waals surface area contributed by atoms with Gasteiger partial charge in [-0.05, 0) is 71.1 Å². The minimum Gasteiger partial charge on any atom is -0.484 e. The summed E-state index contributed by atoms with van der Waals surface area (Å²) in [4.78, 5) is 17.2. The van der Waals surface area contributed by atoms with Crippen molar-refractivity contribution in [3.05, 3.63) is 88.9 Å². The van der Waals surface area contributed by atoms with Crippen molar-refractivity contribution in [2.24, 2.45) is 0 Å². The number of carbonyl (C=O) groups is 1. The zero-order valence-electron chi connectivity index (χ0n) is 19.5. The predicted octanol–water partition coefficient (Wildman–Crippen LogP) is 7.94. The van der Waals surface area contributed by atoms with Crippen molar-refractivity contribution in [1.29, 1.82) is 0 Å². The molecule has 0 aliphatic heterocycles. The van der Waals surface area contributed by atoms with Crippen LogP contribution in [0.15, 0.2) is 87.8 Å². The third-order valence-corrected chi connectivity index (χ3v) is 6.89. The number of halogens is 1. The molecule has 0 bridgehead atoms. The Hall–Kier alpha value is -3.64. The SMILES string of the molecule is CC[C@H](C)c1ccc(OCC(=O)Nc2ccc3oc(-c4cccc5c(Br)cccc45)nc3c2)cc1. The molecule has 0 spiro atoms. The Morgan fingerprint density at radius 3 is 2.60 bits per heavy atom. The van der Waals surface area contributed by atoms with E-state index in [4.69, 9.17) is 9.15 Å². The quantitative estimate of drug-likeness (QED) is 0.233. The van der Waals surface area contributed by atoms with Crippen LogP contribution in [0.4, 0.5) is 5.69 Å². The molecule has 5 rings (SSSR count). The highest BCUT2D eigenvalue weighted by Crippen LogP contribution is 2.34. The molecule has 0 unspecified atom stereocenters. The van der Waals surface area contributed by atoms with E-state index in [0.717, 1.165) is 27.2 Å². The van der Waals surface area contributed by atoms with Gasteiger partial charge in [-0.2, -0.15) is 0 Å². The van der Waals surface area contributed by atoms with E-state index in [-0.39, 0.29) is 12.5 Å². The average Bonchev–Trinajstić information content (AvgIpc) is 3.30. The third kappa shape index (κ3) is 4.93. The fraction of sp³-hybridized carbons (Fsp3) is 0.172. The first-order valence-electron chi connectivity index (χ1n) is 11.6. The summed E-state index contributed by atoms with van der Waals surface area (Å²) in [6.07, 6.45) is 1.08. The molecule has 6 heteroatoms. The van der Waals surface area contributed by atoms with Crippen LogP contribution in [0.25, 0.3) is 33.3 Å². The van der Waals surface area contributed by atoms with Gasteiger partial charge in [0.05, 0.1) is 0 Å². The smallest absolute Gasteiger partial charge is 0.262 e. The van der Waals surface area contributed by atoms with Crippen molar-refractivity contribution in [1.82, 2.24) is 4.98 Å². The van der Waals surface area contributed by atoms with E-state index < -0.39 is 0 Å². The number of aromatic nitrogens is 1. The topological polar surface area (TPSA) is 64.4 Å². The van der Waals surface area contributed by atoms with Crippen LogP contribution in [-0.2, 0) is 4.79 Å². The van der Waals surface area contributed by atoms with Crippen molar-refractivity contribution in [3.8, 4) is 17.2 Å². The molecule has 1 amide bonds. The van der Waals surface area contributed by atoms with Crippen molar-refractivity contribution in [3.63, 3.8) is 0 Å². The second kappa shape index (κ2) is 9.92. The summed E-state index contributed by atoms with van der Waals surface area (Å²) in [6, 6.07) is 25.4. The summed E-state index contributed by atoms with van der Waals surface area (Å²) >= 11 is 3.61. The number of anilines is 1. The van der Waals surface area contributed by atoms with Crippen LogP contribution in [0.2, 0.25) is 0 Å². The molecule has 0 saturated carbocycles. The minimum atomic E-state index is -0.238. The monoisotopic (exact) mass is 528 g/mol. The zero-order chi connectivity index (χ0) is 24.4. The van der Waals surface area contributed by atoms with Gasteiger partial charge in [-0.15, -0.1) is 0 Å². The van der Waals surface area contributed by atoms with Crippen molar-refractivity contribution >= 4 is 49.4 Å². The van der Waals surface area contributed by atoms with E-state index >= 15 is 0 Å². The van der Waals surface area contributed by atoms with Crippen LogP contribution in [0.5, 0.6) is 5.75 Å². The van der Waals surface area contributed by atoms with Crippen LogP contribution in [0.3, 0.4) is 0 Å². The third-order valence-electron chi connectivity index (χ3n) is 6.20. The fourth-order valence-corrected chi connectivity index (χ4v) is 4.55. The van der Waals surface area contributed by atoms with Gasteiger partial charge < -0.3 is 14.5 Å². The molecule has 4 aromatic carbocycles. The Bertz CT molecular complexity index is 1510. The Labute approximate surface area is 212 Å². The molecule has 0 aliphatic rings. The summed E-state index contributed by atoms with van der Waals surface area (Å²) in [5.74, 6) is 1.47. The molecule has 5 nitrogen and oxygen atoms in total. The number of nitrogens with one attached hydrogen (secondary N) is 1. The number of fused-ring (bicyclic) bond motifs is 2. The zero-order valence-corrected chi connectivity index (χ0v) is 21.1. The number of carbonyl (C=O) groups excluding carboxylic acids is 1. The number of ether oxygens (including phenoxy) is 1. The number of hydrogen-bond acceptors (Lipinski definition) is 4. The maximum atomic E-state index is 12.5. The highest BCUT2D eigenvalue weighted by atomic mass is 79.9. The van der Waals surface area contributed by atoms with Crippen LogP contribution in [0.1, 0.15) is 31.7 Å². The van der Waals surface area contributed by atoms with Gasteiger partial charge in [0.15, 0.2) is 12.2 Å². The highest BCUT2D eigenvalue weighted by Gasteiger charge is 2.13. The minimum absolute atomic E-state index is 0.0737. The lowest BCUT2D eigenvalue weighted by Crippen LogP contribution is -2.20. The molecule has 5 aromatic rings. The maximum absolute atomic E-state index is 12.5. The van der Waals surface area contributed by atoms with Gasteiger partial charge in [0.2, 0.25) is 5.89 Å². The van der Waals surface area contributed by atoms with Gasteiger partial charge in [-0.1, -0.05) is 66.2 Å². The molecule has 1 atom stereocenters. The standard InChI is InChI=1S/C29H25BrN2O3/c1-3-18(2)19-10-13-21(14-11-19)34-17-28(33)31-20-12-15-27-26(16-20)32-29(35-27)24-8-4-7-23-22(24)6-5-9-25(23)30/h4-16,18H,3,17H2,1-2H3,(H,31,33)/t18-/m0/s1. The van der Waals surface area contributed by atoms with Gasteiger partial charge in [-0.25, -0.2) is 4.98 Å². The molecule has 0 saturated heterocycles. The summed E-state index contributed by atoms with van der Waals surface area (Å²) in [6.45, 7) is 4.29. The van der Waals surface area contributed by atoms with Crippen LogP contribution in [0, 0.1) is 0 Å². The highest BCUT2D eigenvalue weighted by molar-refractivity contribution is 9.10. The second-order valence-electron chi connectivity index (χ2n) is 8.56. The Morgan fingerprint density at radius 2 is 1.80 bits per heavy atom. The first-order chi connectivity index (χ1) is 17.0. The van der Waals surface area contributed by atoms with E-state index in [1.807, 2.05) is 66.7 Å². The molecule has 176 valence electrons. The number of rotatable bonds is 7. The van der Waals surface area contributed by atoms with Crippen molar-refractivity contribution < 1.29 is 13.9 Å². The largest absolute Gasteiger partial charge is 0.484 e. The lowest BCUT2D eigenvalue weighted by atomic mass is 9.99. The molecule has 0 aliphatic carbocycles. The van der Waals surface area contributed by atoms with Crippen LogP contribution in [-0.4, -0.2) is 17.5 Å². The van der Waals surface area contributed by atoms with Gasteiger partial charge in [0.1, 0.15) is 11.3 Å². The maximum Gasteiger partial charge on any atom is 0.262 e. The second-order valence-corrected chi connectivity index (χ2v) is 9.41. The number of oxazole rings is 1. The Morgan fingerprint density at radius 1 is 1.03 bits per heavy atom. The molecular formula is C29H25BrN2O3. The van der Waals surface area contributed by atoms with Crippen molar-refractivity contribution in [2.75, 3.05) is 11.9 Å². The lowest BCUT2D eigenvalue weighted by molar-refractivity contribution is -0.118. The van der Waals surface area contributed by atoms with E-state index in [9.17, 15) is 4.79 Å². The summed E-state index contributed by atoms with van der Waals surface area (Å²) in [5.41, 5.74) is 4.15. The molecule has 1 heterocycles.